The highest BCUT2D eigenvalue weighted by Crippen LogP contribution is 2.14. The lowest BCUT2D eigenvalue weighted by atomic mass is 10.1. The van der Waals surface area contributed by atoms with Crippen molar-refractivity contribution in [2.75, 3.05) is 6.61 Å². The summed E-state index contributed by atoms with van der Waals surface area (Å²) in [5.74, 6) is 2.76. The second kappa shape index (κ2) is 4.78. The second-order valence-electron chi connectivity index (χ2n) is 2.70. The van der Waals surface area contributed by atoms with Crippen molar-refractivity contribution in [3.05, 3.63) is 34.9 Å². The number of carbonyl (C=O) groups is 1. The summed E-state index contributed by atoms with van der Waals surface area (Å²) in [4.78, 5) is 14.8. The van der Waals surface area contributed by atoms with Gasteiger partial charge in [0.1, 0.15) is 6.29 Å². The largest absolute Gasteiger partial charge is 0.304 e. The summed E-state index contributed by atoms with van der Waals surface area (Å²) < 4.78 is 25.4. The number of hydrogen-bond donors (Lipinski definition) is 1. The zero-order valence-corrected chi connectivity index (χ0v) is 7.30. The van der Waals surface area contributed by atoms with Gasteiger partial charge in [0.25, 0.3) is 0 Å². The van der Waals surface area contributed by atoms with Gasteiger partial charge in [-0.1, -0.05) is 0 Å². The molecule has 1 rings (SSSR count). The molecule has 1 aromatic carbocycles. The van der Waals surface area contributed by atoms with Crippen molar-refractivity contribution in [3.63, 3.8) is 0 Å². The fourth-order valence-electron chi connectivity index (χ4n) is 1.10. The van der Waals surface area contributed by atoms with Crippen LogP contribution in [0.1, 0.15) is 15.9 Å². The van der Waals surface area contributed by atoms with Gasteiger partial charge in [-0.3, -0.25) is 4.79 Å². The molecule has 0 fully saturated rings. The van der Waals surface area contributed by atoms with Gasteiger partial charge in [0.15, 0.2) is 11.6 Å². The lowest BCUT2D eigenvalue weighted by Crippen LogP contribution is -2.06. The van der Waals surface area contributed by atoms with E-state index in [1.807, 2.05) is 0 Å². The first kappa shape index (κ1) is 10.7. The first-order valence-electron chi connectivity index (χ1n) is 3.93. The third kappa shape index (κ3) is 2.34. The van der Waals surface area contributed by atoms with Crippen LogP contribution in [0.3, 0.4) is 0 Å². The van der Waals surface area contributed by atoms with Crippen molar-refractivity contribution < 1.29 is 18.4 Å². The number of carbonyl (C=O) groups excluding carboxylic acids is 1. The van der Waals surface area contributed by atoms with Crippen LogP contribution in [0.4, 0.5) is 8.78 Å². The van der Waals surface area contributed by atoms with Gasteiger partial charge in [0.2, 0.25) is 0 Å². The van der Waals surface area contributed by atoms with Crippen LogP contribution < -0.4 is 5.90 Å². The Bertz CT molecular complexity index is 342. The first-order chi connectivity index (χ1) is 6.69. The van der Waals surface area contributed by atoms with E-state index in [-0.39, 0.29) is 18.6 Å². The summed E-state index contributed by atoms with van der Waals surface area (Å²) in [5.41, 5.74) is 0.491. The molecule has 0 unspecified atom stereocenters. The number of halogens is 2. The Morgan fingerprint density at radius 1 is 1.36 bits per heavy atom. The van der Waals surface area contributed by atoms with Crippen molar-refractivity contribution in [3.8, 4) is 0 Å². The zero-order valence-electron chi connectivity index (χ0n) is 7.30. The van der Waals surface area contributed by atoms with Crippen LogP contribution in [0.2, 0.25) is 0 Å². The van der Waals surface area contributed by atoms with Gasteiger partial charge < -0.3 is 4.84 Å². The molecule has 0 atom stereocenters. The molecule has 0 amide bonds. The molecule has 76 valence electrons. The van der Waals surface area contributed by atoms with E-state index in [1.165, 1.54) is 0 Å². The molecule has 0 saturated carbocycles. The van der Waals surface area contributed by atoms with Gasteiger partial charge in [-0.25, -0.2) is 14.7 Å². The summed E-state index contributed by atoms with van der Waals surface area (Å²) in [6.07, 6.45) is 0.732. The van der Waals surface area contributed by atoms with Crippen LogP contribution in [0.25, 0.3) is 0 Å². The maximum Gasteiger partial charge on any atom is 0.159 e. The van der Waals surface area contributed by atoms with Crippen LogP contribution in [0, 0.1) is 11.6 Å². The summed E-state index contributed by atoms with van der Waals surface area (Å²) in [7, 11) is 0. The normalized spacial score (nSPS) is 10.2. The van der Waals surface area contributed by atoms with Crippen LogP contribution in [-0.2, 0) is 11.3 Å². The molecule has 0 aliphatic heterocycles. The quantitative estimate of drug-likeness (QED) is 0.588. The second-order valence-corrected chi connectivity index (χ2v) is 2.70. The molecule has 2 N–H and O–H groups in total. The molecule has 5 heteroatoms. The summed E-state index contributed by atoms with van der Waals surface area (Å²) in [5, 5.41) is 0. The fraction of sp³-hybridized carbons (Fsp3) is 0.222. The van der Waals surface area contributed by atoms with Gasteiger partial charge in [0.05, 0.1) is 6.61 Å². The van der Waals surface area contributed by atoms with Crippen molar-refractivity contribution in [2.24, 2.45) is 5.90 Å². The topological polar surface area (TPSA) is 52.3 Å². The molecule has 0 aliphatic carbocycles. The maximum atomic E-state index is 12.8. The average molecular weight is 201 g/mol. The standard InChI is InChI=1S/C9H9F2NO2/c10-8-3-6(1-2-14-12)7(5-13)4-9(8)11/h3-5H,1-2,12H2. The van der Waals surface area contributed by atoms with E-state index in [1.54, 1.807) is 0 Å². The van der Waals surface area contributed by atoms with E-state index in [9.17, 15) is 13.6 Å². The highest BCUT2D eigenvalue weighted by atomic mass is 19.2. The van der Waals surface area contributed by atoms with E-state index >= 15 is 0 Å². The monoisotopic (exact) mass is 201 g/mol. The molecule has 14 heavy (non-hydrogen) atoms. The number of benzene rings is 1. The van der Waals surface area contributed by atoms with Crippen molar-refractivity contribution in [1.82, 2.24) is 0 Å². The molecule has 0 bridgehead atoms. The Morgan fingerprint density at radius 3 is 2.57 bits per heavy atom. The highest BCUT2D eigenvalue weighted by Gasteiger charge is 2.08. The number of nitrogens with two attached hydrogens (primary N) is 1. The minimum atomic E-state index is -1.04. The first-order valence-corrected chi connectivity index (χ1v) is 3.93. The third-order valence-electron chi connectivity index (χ3n) is 1.80. The molecule has 3 nitrogen and oxygen atoms in total. The van der Waals surface area contributed by atoms with Gasteiger partial charge >= 0.3 is 0 Å². The number of hydrogen-bond acceptors (Lipinski definition) is 3. The SMILES string of the molecule is NOCCc1cc(F)c(F)cc1C=O. The lowest BCUT2D eigenvalue weighted by molar-refractivity contribution is 0.112. The molecule has 0 aliphatic rings. The Labute approximate surface area is 79.4 Å². The minimum Gasteiger partial charge on any atom is -0.304 e. The summed E-state index contributed by atoms with van der Waals surface area (Å²) in [6.45, 7) is 0.145. The van der Waals surface area contributed by atoms with E-state index in [0.29, 0.717) is 11.8 Å². The van der Waals surface area contributed by atoms with Crippen molar-refractivity contribution in [1.29, 1.82) is 0 Å². The van der Waals surface area contributed by atoms with Crippen molar-refractivity contribution in [2.45, 2.75) is 6.42 Å². The molecular formula is C9H9F2NO2. The van der Waals surface area contributed by atoms with Gasteiger partial charge in [0, 0.05) is 5.56 Å². The van der Waals surface area contributed by atoms with Gasteiger partial charge in [-0.2, -0.15) is 0 Å². The van der Waals surface area contributed by atoms with Crippen LogP contribution in [0.15, 0.2) is 12.1 Å². The molecule has 0 radical (unpaired) electrons. The number of rotatable bonds is 4. The Hall–Kier alpha value is -1.33. The predicted molar refractivity (Wildman–Crippen MR) is 45.6 cm³/mol. The lowest BCUT2D eigenvalue weighted by Gasteiger charge is -2.04. The van der Waals surface area contributed by atoms with Crippen LogP contribution in [-0.4, -0.2) is 12.9 Å². The van der Waals surface area contributed by atoms with Crippen LogP contribution in [0.5, 0.6) is 0 Å². The van der Waals surface area contributed by atoms with Gasteiger partial charge in [-0.05, 0) is 24.1 Å². The zero-order chi connectivity index (χ0) is 10.6. The fourth-order valence-corrected chi connectivity index (χ4v) is 1.10. The third-order valence-corrected chi connectivity index (χ3v) is 1.80. The maximum absolute atomic E-state index is 12.8. The minimum absolute atomic E-state index is 0.112. The molecule has 1 aromatic rings. The predicted octanol–water partition coefficient (Wildman–Crippen LogP) is 1.21. The van der Waals surface area contributed by atoms with Crippen molar-refractivity contribution >= 4 is 6.29 Å². The highest BCUT2D eigenvalue weighted by molar-refractivity contribution is 5.77. The molecule has 0 aromatic heterocycles. The van der Waals surface area contributed by atoms with Crippen LogP contribution >= 0.6 is 0 Å². The Kier molecular flexibility index (Phi) is 3.67. The van der Waals surface area contributed by atoms with E-state index < -0.39 is 11.6 Å². The molecular weight excluding hydrogens is 192 g/mol. The summed E-state index contributed by atoms with van der Waals surface area (Å²) in [6, 6.07) is 1.83. The van der Waals surface area contributed by atoms with E-state index in [2.05, 4.69) is 4.84 Å². The Morgan fingerprint density at radius 2 is 2.00 bits per heavy atom. The van der Waals surface area contributed by atoms with E-state index in [4.69, 9.17) is 5.90 Å². The average Bonchev–Trinajstić information content (AvgIpc) is 2.19. The molecule has 0 spiro atoms. The summed E-state index contributed by atoms with van der Waals surface area (Å²) >= 11 is 0. The van der Waals surface area contributed by atoms with E-state index in [0.717, 1.165) is 12.1 Å². The molecule has 0 heterocycles. The molecule has 0 saturated heterocycles. The Balaban J connectivity index is 3.00. The smallest absolute Gasteiger partial charge is 0.159 e. The number of aldehydes is 1. The van der Waals surface area contributed by atoms with Gasteiger partial charge in [-0.15, -0.1) is 0 Å².